The molecule has 0 unspecified atom stereocenters. The normalized spacial score (nSPS) is 11.3. The molecule has 2 N–H and O–H groups in total. The molecule has 0 atom stereocenters. The van der Waals surface area contributed by atoms with Crippen LogP contribution in [0.4, 0.5) is 33.7 Å². The fourth-order valence-electron chi connectivity index (χ4n) is 3.61. The Hall–Kier alpha value is -4.77. The lowest BCUT2D eigenvalue weighted by Gasteiger charge is -2.13. The second-order valence-corrected chi connectivity index (χ2v) is 8.57. The molecule has 5 rings (SSSR count). The molecule has 0 radical (unpaired) electrons. The summed E-state index contributed by atoms with van der Waals surface area (Å²) in [4.78, 5) is 25.4. The number of amides is 2. The number of rotatable bonds is 5. The minimum Gasteiger partial charge on any atom is -0.454 e. The molecule has 0 saturated carbocycles. The van der Waals surface area contributed by atoms with Crippen LogP contribution in [-0.2, 0) is 6.18 Å². The third-order valence-electron chi connectivity index (χ3n) is 5.42. The summed E-state index contributed by atoms with van der Waals surface area (Å²) in [5.41, 5.74) is 1.38. The van der Waals surface area contributed by atoms with Crippen LogP contribution in [0.5, 0.6) is 11.5 Å². The lowest BCUT2D eigenvalue weighted by Crippen LogP contribution is -2.20. The first-order valence-electron chi connectivity index (χ1n) is 11.2. The number of anilines is 2. The minimum absolute atomic E-state index is 0.133. The van der Waals surface area contributed by atoms with Gasteiger partial charge in [0.25, 0.3) is 0 Å². The summed E-state index contributed by atoms with van der Waals surface area (Å²) in [6.45, 7) is 0. The molecule has 196 valence electrons. The van der Waals surface area contributed by atoms with Crippen LogP contribution in [0.25, 0.3) is 22.3 Å². The van der Waals surface area contributed by atoms with Crippen molar-refractivity contribution in [1.29, 1.82) is 0 Å². The van der Waals surface area contributed by atoms with Crippen molar-refractivity contribution in [3.8, 4) is 22.8 Å². The van der Waals surface area contributed by atoms with Crippen LogP contribution < -0.4 is 15.4 Å². The van der Waals surface area contributed by atoms with E-state index < -0.39 is 28.6 Å². The molecular weight excluding hydrogens is 538 g/mol. The van der Waals surface area contributed by atoms with E-state index in [0.29, 0.717) is 22.8 Å². The van der Waals surface area contributed by atoms with Gasteiger partial charge in [0.15, 0.2) is 11.6 Å². The standard InChI is InChI=1S/C27H16ClF4N5O2/c28-20-6-3-16(10-19(20)27(30,31)32)35-26(38)36-17-4-7-21(29)25(11-17)39-18-5-8-22-23(12-18)37-24(14-34-22)15-2-1-9-33-13-15/h1-14H,(H2,35,36,38). The summed E-state index contributed by atoms with van der Waals surface area (Å²) in [5, 5.41) is 4.22. The largest absolute Gasteiger partial charge is 0.454 e. The highest BCUT2D eigenvalue weighted by Crippen LogP contribution is 2.36. The second-order valence-electron chi connectivity index (χ2n) is 8.17. The monoisotopic (exact) mass is 553 g/mol. The Morgan fingerprint density at radius 2 is 1.67 bits per heavy atom. The van der Waals surface area contributed by atoms with Gasteiger partial charge in [-0.05, 0) is 54.6 Å². The molecule has 2 aromatic heterocycles. The van der Waals surface area contributed by atoms with Crippen LogP contribution in [-0.4, -0.2) is 21.0 Å². The highest BCUT2D eigenvalue weighted by Gasteiger charge is 2.33. The van der Waals surface area contributed by atoms with E-state index in [2.05, 4.69) is 25.6 Å². The van der Waals surface area contributed by atoms with Gasteiger partial charge in [-0.25, -0.2) is 14.2 Å². The van der Waals surface area contributed by atoms with Crippen molar-refractivity contribution in [1.82, 2.24) is 15.0 Å². The fourth-order valence-corrected chi connectivity index (χ4v) is 3.83. The summed E-state index contributed by atoms with van der Waals surface area (Å²) in [6, 6.07) is 14.2. The zero-order valence-electron chi connectivity index (χ0n) is 19.6. The topological polar surface area (TPSA) is 89.0 Å². The zero-order chi connectivity index (χ0) is 27.6. The lowest BCUT2D eigenvalue weighted by atomic mass is 10.2. The van der Waals surface area contributed by atoms with E-state index >= 15 is 0 Å². The summed E-state index contributed by atoms with van der Waals surface area (Å²) < 4.78 is 59.5. The Balaban J connectivity index is 1.33. The van der Waals surface area contributed by atoms with Crippen molar-refractivity contribution in [2.75, 3.05) is 10.6 Å². The molecule has 2 amide bonds. The van der Waals surface area contributed by atoms with Crippen molar-refractivity contribution in [3.63, 3.8) is 0 Å². The van der Waals surface area contributed by atoms with Crippen molar-refractivity contribution in [2.45, 2.75) is 6.18 Å². The fraction of sp³-hybridized carbons (Fsp3) is 0.0370. The number of hydrogen-bond donors (Lipinski definition) is 2. The Kier molecular flexibility index (Phi) is 6.99. The van der Waals surface area contributed by atoms with Gasteiger partial charge in [-0.2, -0.15) is 13.2 Å². The van der Waals surface area contributed by atoms with Crippen LogP contribution in [0, 0.1) is 5.82 Å². The van der Waals surface area contributed by atoms with E-state index in [1.807, 2.05) is 6.07 Å². The third-order valence-corrected chi connectivity index (χ3v) is 5.75. The molecular formula is C27H16ClF4N5O2. The number of aromatic nitrogens is 3. The van der Waals surface area contributed by atoms with Crippen molar-refractivity contribution in [3.05, 3.63) is 102 Å². The van der Waals surface area contributed by atoms with Gasteiger partial charge in [0.2, 0.25) is 0 Å². The van der Waals surface area contributed by atoms with Crippen LogP contribution in [0.3, 0.4) is 0 Å². The van der Waals surface area contributed by atoms with Crippen LogP contribution >= 0.6 is 11.6 Å². The summed E-state index contributed by atoms with van der Waals surface area (Å²) in [5.74, 6) is -0.639. The molecule has 5 aromatic rings. The molecule has 7 nitrogen and oxygen atoms in total. The maximum Gasteiger partial charge on any atom is 0.417 e. The number of alkyl halides is 3. The molecule has 0 aliphatic carbocycles. The predicted octanol–water partition coefficient (Wildman–Crippen LogP) is 7.94. The zero-order valence-corrected chi connectivity index (χ0v) is 20.4. The number of benzene rings is 3. The van der Waals surface area contributed by atoms with Gasteiger partial charge in [0.1, 0.15) is 5.75 Å². The smallest absolute Gasteiger partial charge is 0.417 e. The number of nitrogens with zero attached hydrogens (tertiary/aromatic N) is 3. The van der Waals surface area contributed by atoms with Gasteiger partial charge in [-0.3, -0.25) is 9.97 Å². The van der Waals surface area contributed by atoms with E-state index in [4.69, 9.17) is 16.3 Å². The van der Waals surface area contributed by atoms with E-state index in [1.54, 1.807) is 42.9 Å². The van der Waals surface area contributed by atoms with E-state index in [0.717, 1.165) is 17.7 Å². The van der Waals surface area contributed by atoms with Gasteiger partial charge >= 0.3 is 12.2 Å². The first-order valence-corrected chi connectivity index (χ1v) is 11.6. The van der Waals surface area contributed by atoms with Crippen molar-refractivity contribution in [2.24, 2.45) is 0 Å². The van der Waals surface area contributed by atoms with Crippen LogP contribution in [0.1, 0.15) is 5.56 Å². The maximum absolute atomic E-state index is 14.5. The molecule has 0 aliphatic rings. The molecule has 2 heterocycles. The van der Waals surface area contributed by atoms with Gasteiger partial charge in [-0.1, -0.05) is 11.6 Å². The van der Waals surface area contributed by atoms with Crippen molar-refractivity contribution < 1.29 is 27.1 Å². The molecule has 12 heteroatoms. The average molecular weight is 554 g/mol. The highest BCUT2D eigenvalue weighted by atomic mass is 35.5. The number of carbonyl (C=O) groups is 1. The third kappa shape index (κ3) is 6.04. The summed E-state index contributed by atoms with van der Waals surface area (Å²) in [7, 11) is 0. The number of urea groups is 1. The number of pyridine rings is 1. The number of halogens is 5. The van der Waals surface area contributed by atoms with E-state index in [1.165, 1.54) is 18.2 Å². The van der Waals surface area contributed by atoms with E-state index in [-0.39, 0.29) is 22.9 Å². The van der Waals surface area contributed by atoms with Crippen molar-refractivity contribution >= 4 is 40.0 Å². The molecule has 0 spiro atoms. The first kappa shape index (κ1) is 25.9. The Morgan fingerprint density at radius 1 is 0.897 bits per heavy atom. The SMILES string of the molecule is O=C(Nc1ccc(F)c(Oc2ccc3ncc(-c4cccnc4)nc3c2)c1)Nc1ccc(Cl)c(C(F)(F)F)c1. The number of nitrogens with one attached hydrogen (secondary N) is 2. The number of fused-ring (bicyclic) bond motifs is 1. The summed E-state index contributed by atoms with van der Waals surface area (Å²) in [6.07, 6.45) is 0.228. The Bertz CT molecular complexity index is 1680. The summed E-state index contributed by atoms with van der Waals surface area (Å²) >= 11 is 5.61. The quantitative estimate of drug-likeness (QED) is 0.216. The van der Waals surface area contributed by atoms with Crippen LogP contribution in [0.2, 0.25) is 5.02 Å². The van der Waals surface area contributed by atoms with Gasteiger partial charge < -0.3 is 15.4 Å². The molecule has 39 heavy (non-hydrogen) atoms. The first-order chi connectivity index (χ1) is 18.7. The van der Waals surface area contributed by atoms with E-state index in [9.17, 15) is 22.4 Å². The molecule has 3 aromatic carbocycles. The second kappa shape index (κ2) is 10.5. The molecule has 0 bridgehead atoms. The molecule has 0 aliphatic heterocycles. The molecule has 0 fully saturated rings. The minimum atomic E-state index is -4.69. The lowest BCUT2D eigenvalue weighted by molar-refractivity contribution is -0.137. The number of hydrogen-bond acceptors (Lipinski definition) is 5. The maximum atomic E-state index is 14.5. The molecule has 0 saturated heterocycles. The van der Waals surface area contributed by atoms with Gasteiger partial charge in [0, 0.05) is 41.5 Å². The number of carbonyl (C=O) groups excluding carboxylic acids is 1. The van der Waals surface area contributed by atoms with Gasteiger partial charge in [-0.15, -0.1) is 0 Å². The highest BCUT2D eigenvalue weighted by molar-refractivity contribution is 6.31. The van der Waals surface area contributed by atoms with Crippen LogP contribution in [0.15, 0.2) is 85.3 Å². The average Bonchev–Trinajstić information content (AvgIpc) is 2.91. The number of ether oxygens (including phenoxy) is 1. The Morgan fingerprint density at radius 3 is 2.41 bits per heavy atom. The van der Waals surface area contributed by atoms with Gasteiger partial charge in [0.05, 0.1) is 33.5 Å². The predicted molar refractivity (Wildman–Crippen MR) is 138 cm³/mol. The Labute approximate surface area is 223 Å².